The topological polar surface area (TPSA) is 78.4 Å². The molecular formula is C15H20N2O3. The van der Waals surface area contributed by atoms with Crippen LogP contribution in [0.4, 0.5) is 5.69 Å². The van der Waals surface area contributed by atoms with Gasteiger partial charge in [-0.1, -0.05) is 25.1 Å². The number of carbonyl (C=O) groups is 2. The molecule has 0 radical (unpaired) electrons. The second-order valence-corrected chi connectivity index (χ2v) is 5.24. The summed E-state index contributed by atoms with van der Waals surface area (Å²) in [6.45, 7) is 3.53. The average molecular weight is 276 g/mol. The van der Waals surface area contributed by atoms with Gasteiger partial charge in [-0.3, -0.25) is 9.59 Å². The van der Waals surface area contributed by atoms with E-state index in [0.29, 0.717) is 17.8 Å². The first kappa shape index (κ1) is 14.5. The Bertz CT molecular complexity index is 508. The number of hydrogen-bond donors (Lipinski definition) is 3. The van der Waals surface area contributed by atoms with Crippen LogP contribution in [-0.4, -0.2) is 30.1 Å². The highest BCUT2D eigenvalue weighted by Crippen LogP contribution is 2.31. The molecule has 1 saturated heterocycles. The third-order valence-corrected chi connectivity index (χ3v) is 4.01. The van der Waals surface area contributed by atoms with Crippen molar-refractivity contribution < 1.29 is 14.7 Å². The Labute approximate surface area is 118 Å². The molecule has 1 amide bonds. The third kappa shape index (κ3) is 2.99. The summed E-state index contributed by atoms with van der Waals surface area (Å²) in [4.78, 5) is 23.4. The zero-order valence-electron chi connectivity index (χ0n) is 11.6. The van der Waals surface area contributed by atoms with Crippen molar-refractivity contribution in [1.82, 2.24) is 5.32 Å². The first-order chi connectivity index (χ1) is 9.57. The summed E-state index contributed by atoms with van der Waals surface area (Å²) in [5, 5.41) is 15.0. The molecule has 0 bridgehead atoms. The van der Waals surface area contributed by atoms with Gasteiger partial charge in [0.05, 0.1) is 11.8 Å². The lowest BCUT2D eigenvalue weighted by atomic mass is 9.83. The van der Waals surface area contributed by atoms with Crippen molar-refractivity contribution in [3.05, 3.63) is 29.8 Å². The number of carboxylic acids is 1. The number of rotatable bonds is 5. The van der Waals surface area contributed by atoms with Crippen molar-refractivity contribution in [3.8, 4) is 0 Å². The van der Waals surface area contributed by atoms with Gasteiger partial charge in [-0.25, -0.2) is 0 Å². The van der Waals surface area contributed by atoms with Crippen LogP contribution in [0.3, 0.4) is 0 Å². The Morgan fingerprint density at radius 1 is 1.40 bits per heavy atom. The van der Waals surface area contributed by atoms with Crippen LogP contribution in [0.1, 0.15) is 25.3 Å². The standard InChI is InChI=1S/C15H20N2O3/c1-2-15(7-8-16-10-15)14(20)17-12-6-4-3-5-11(12)9-13(18)19/h3-6,16H,2,7-10H2,1H3,(H,17,20)(H,18,19). The largest absolute Gasteiger partial charge is 0.481 e. The summed E-state index contributed by atoms with van der Waals surface area (Å²) in [6.07, 6.45) is 1.50. The number of hydrogen-bond acceptors (Lipinski definition) is 3. The van der Waals surface area contributed by atoms with Gasteiger partial charge in [0.2, 0.25) is 5.91 Å². The average Bonchev–Trinajstić information content (AvgIpc) is 2.90. The number of anilines is 1. The Morgan fingerprint density at radius 2 is 2.15 bits per heavy atom. The summed E-state index contributed by atoms with van der Waals surface area (Å²) in [6, 6.07) is 7.06. The molecule has 0 aliphatic carbocycles. The number of para-hydroxylation sites is 1. The van der Waals surface area contributed by atoms with Gasteiger partial charge in [-0.05, 0) is 31.0 Å². The van der Waals surface area contributed by atoms with Crippen molar-refractivity contribution >= 4 is 17.6 Å². The van der Waals surface area contributed by atoms with Gasteiger partial charge in [0, 0.05) is 12.2 Å². The van der Waals surface area contributed by atoms with E-state index in [1.807, 2.05) is 6.92 Å². The first-order valence-corrected chi connectivity index (χ1v) is 6.89. The zero-order chi connectivity index (χ0) is 14.6. The summed E-state index contributed by atoms with van der Waals surface area (Å²) >= 11 is 0. The smallest absolute Gasteiger partial charge is 0.307 e. The van der Waals surface area contributed by atoms with Gasteiger partial charge in [0.15, 0.2) is 0 Å². The SMILES string of the molecule is CCC1(C(=O)Nc2ccccc2CC(=O)O)CCNC1. The molecule has 3 N–H and O–H groups in total. The molecule has 1 aliphatic rings. The number of carbonyl (C=O) groups excluding carboxylic acids is 1. The lowest BCUT2D eigenvalue weighted by Crippen LogP contribution is -2.37. The van der Waals surface area contributed by atoms with Crippen LogP contribution < -0.4 is 10.6 Å². The van der Waals surface area contributed by atoms with Gasteiger partial charge < -0.3 is 15.7 Å². The van der Waals surface area contributed by atoms with Crippen LogP contribution in [0.25, 0.3) is 0 Å². The number of nitrogens with one attached hydrogen (secondary N) is 2. The van der Waals surface area contributed by atoms with E-state index in [2.05, 4.69) is 10.6 Å². The molecule has 0 spiro atoms. The fourth-order valence-electron chi connectivity index (χ4n) is 2.61. The maximum Gasteiger partial charge on any atom is 0.307 e. The number of carboxylic acid groups (broad SMARTS) is 1. The third-order valence-electron chi connectivity index (χ3n) is 4.01. The molecule has 0 aromatic heterocycles. The highest BCUT2D eigenvalue weighted by Gasteiger charge is 2.39. The maximum absolute atomic E-state index is 12.5. The molecule has 1 atom stereocenters. The van der Waals surface area contributed by atoms with Gasteiger partial charge in [-0.15, -0.1) is 0 Å². The molecule has 20 heavy (non-hydrogen) atoms. The molecule has 5 nitrogen and oxygen atoms in total. The lowest BCUT2D eigenvalue weighted by Gasteiger charge is -2.25. The number of aliphatic carboxylic acids is 1. The minimum atomic E-state index is -0.903. The maximum atomic E-state index is 12.5. The van der Waals surface area contributed by atoms with E-state index < -0.39 is 5.97 Å². The number of benzene rings is 1. The molecule has 1 aromatic rings. The van der Waals surface area contributed by atoms with Crippen molar-refractivity contribution in [2.75, 3.05) is 18.4 Å². The molecular weight excluding hydrogens is 256 g/mol. The Kier molecular flexibility index (Phi) is 4.39. The van der Waals surface area contributed by atoms with E-state index in [4.69, 9.17) is 5.11 Å². The molecule has 108 valence electrons. The van der Waals surface area contributed by atoms with Gasteiger partial charge in [-0.2, -0.15) is 0 Å². The van der Waals surface area contributed by atoms with E-state index in [0.717, 1.165) is 19.4 Å². The minimum absolute atomic E-state index is 0.0251. The fourth-order valence-corrected chi connectivity index (χ4v) is 2.61. The lowest BCUT2D eigenvalue weighted by molar-refractivity contribution is -0.136. The molecule has 1 heterocycles. The molecule has 5 heteroatoms. The van der Waals surface area contributed by atoms with E-state index in [1.54, 1.807) is 24.3 Å². The van der Waals surface area contributed by atoms with E-state index in [-0.39, 0.29) is 17.7 Å². The summed E-state index contributed by atoms with van der Waals surface area (Å²) in [5.41, 5.74) is 0.848. The molecule has 2 rings (SSSR count). The zero-order valence-corrected chi connectivity index (χ0v) is 11.6. The predicted octanol–water partition coefficient (Wildman–Crippen LogP) is 1.64. The summed E-state index contributed by atoms with van der Waals surface area (Å²) in [5.74, 6) is -0.928. The Hall–Kier alpha value is -1.88. The van der Waals surface area contributed by atoms with E-state index in [9.17, 15) is 9.59 Å². The second kappa shape index (κ2) is 6.05. The fraction of sp³-hybridized carbons (Fsp3) is 0.467. The quantitative estimate of drug-likeness (QED) is 0.764. The van der Waals surface area contributed by atoms with Gasteiger partial charge in [0.1, 0.15) is 0 Å². The first-order valence-electron chi connectivity index (χ1n) is 6.89. The highest BCUT2D eigenvalue weighted by molar-refractivity contribution is 5.96. The van der Waals surface area contributed by atoms with Crippen LogP contribution in [0.15, 0.2) is 24.3 Å². The molecule has 1 fully saturated rings. The van der Waals surface area contributed by atoms with Crippen LogP contribution in [0, 0.1) is 5.41 Å². The highest BCUT2D eigenvalue weighted by atomic mass is 16.4. The minimum Gasteiger partial charge on any atom is -0.481 e. The van der Waals surface area contributed by atoms with Crippen molar-refractivity contribution in [3.63, 3.8) is 0 Å². The monoisotopic (exact) mass is 276 g/mol. The second-order valence-electron chi connectivity index (χ2n) is 5.24. The van der Waals surface area contributed by atoms with Crippen LogP contribution in [-0.2, 0) is 16.0 Å². The van der Waals surface area contributed by atoms with Crippen LogP contribution in [0.2, 0.25) is 0 Å². The molecule has 1 aliphatic heterocycles. The van der Waals surface area contributed by atoms with E-state index >= 15 is 0 Å². The molecule has 1 aromatic carbocycles. The van der Waals surface area contributed by atoms with Crippen LogP contribution >= 0.6 is 0 Å². The predicted molar refractivity (Wildman–Crippen MR) is 76.6 cm³/mol. The van der Waals surface area contributed by atoms with Crippen LogP contribution in [0.5, 0.6) is 0 Å². The summed E-state index contributed by atoms with van der Waals surface area (Å²) < 4.78 is 0. The molecule has 1 unspecified atom stereocenters. The number of amides is 1. The van der Waals surface area contributed by atoms with Crippen molar-refractivity contribution in [2.45, 2.75) is 26.2 Å². The normalized spacial score (nSPS) is 21.6. The molecule has 0 saturated carbocycles. The van der Waals surface area contributed by atoms with Gasteiger partial charge in [0.25, 0.3) is 0 Å². The summed E-state index contributed by atoms with van der Waals surface area (Å²) in [7, 11) is 0. The Morgan fingerprint density at radius 3 is 2.75 bits per heavy atom. The van der Waals surface area contributed by atoms with Gasteiger partial charge >= 0.3 is 5.97 Å². The van der Waals surface area contributed by atoms with E-state index in [1.165, 1.54) is 0 Å². The van der Waals surface area contributed by atoms with Crippen molar-refractivity contribution in [2.24, 2.45) is 5.41 Å². The Balaban J connectivity index is 2.17. The van der Waals surface area contributed by atoms with Crippen molar-refractivity contribution in [1.29, 1.82) is 0 Å².